The van der Waals surface area contributed by atoms with E-state index in [-0.39, 0.29) is 0 Å². The Bertz CT molecular complexity index is 403. The van der Waals surface area contributed by atoms with Gasteiger partial charge in [0, 0.05) is 31.5 Å². The Kier molecular flexibility index (Phi) is 3.20. The van der Waals surface area contributed by atoms with Gasteiger partial charge in [-0.05, 0) is 51.3 Å². The SMILES string of the molecule is Cc1cnc(N2CCC3C(CCCN3C)C2)nc1. The molecular formula is C14H22N4. The summed E-state index contributed by atoms with van der Waals surface area (Å²) < 4.78 is 0. The zero-order valence-electron chi connectivity index (χ0n) is 11.3. The molecule has 18 heavy (non-hydrogen) atoms. The minimum atomic E-state index is 0.778. The zero-order valence-corrected chi connectivity index (χ0v) is 11.3. The maximum absolute atomic E-state index is 4.46. The molecule has 1 aromatic heterocycles. The minimum Gasteiger partial charge on any atom is -0.340 e. The fourth-order valence-electron chi connectivity index (χ4n) is 3.38. The molecule has 98 valence electrons. The minimum absolute atomic E-state index is 0.778. The van der Waals surface area contributed by atoms with Crippen LogP contribution in [0.15, 0.2) is 12.4 Å². The van der Waals surface area contributed by atoms with E-state index in [4.69, 9.17) is 0 Å². The topological polar surface area (TPSA) is 32.3 Å². The number of hydrogen-bond donors (Lipinski definition) is 0. The van der Waals surface area contributed by atoms with Crippen molar-refractivity contribution in [2.24, 2.45) is 5.92 Å². The van der Waals surface area contributed by atoms with Gasteiger partial charge in [0.1, 0.15) is 0 Å². The third kappa shape index (κ3) is 2.21. The Morgan fingerprint density at radius 3 is 2.72 bits per heavy atom. The van der Waals surface area contributed by atoms with Gasteiger partial charge in [0.05, 0.1) is 0 Å². The average molecular weight is 246 g/mol. The molecule has 4 heteroatoms. The normalized spacial score (nSPS) is 29.1. The van der Waals surface area contributed by atoms with E-state index < -0.39 is 0 Å². The Labute approximate surface area is 109 Å². The summed E-state index contributed by atoms with van der Waals surface area (Å²) in [5, 5.41) is 0. The van der Waals surface area contributed by atoms with Crippen LogP contribution in [0.25, 0.3) is 0 Å². The quantitative estimate of drug-likeness (QED) is 0.755. The smallest absolute Gasteiger partial charge is 0.225 e. The van der Waals surface area contributed by atoms with Crippen LogP contribution >= 0.6 is 0 Å². The van der Waals surface area contributed by atoms with Gasteiger partial charge in [0.15, 0.2) is 0 Å². The lowest BCUT2D eigenvalue weighted by atomic mass is 9.84. The first-order valence-corrected chi connectivity index (χ1v) is 6.98. The van der Waals surface area contributed by atoms with Crippen LogP contribution < -0.4 is 4.90 Å². The molecule has 4 nitrogen and oxygen atoms in total. The molecule has 0 amide bonds. The number of aromatic nitrogens is 2. The van der Waals surface area contributed by atoms with E-state index in [9.17, 15) is 0 Å². The van der Waals surface area contributed by atoms with Crippen molar-refractivity contribution >= 4 is 5.95 Å². The zero-order chi connectivity index (χ0) is 12.5. The summed E-state index contributed by atoms with van der Waals surface area (Å²) in [6, 6.07) is 0.778. The Morgan fingerprint density at radius 1 is 1.17 bits per heavy atom. The van der Waals surface area contributed by atoms with Crippen LogP contribution in [-0.2, 0) is 0 Å². The molecule has 0 bridgehead atoms. The van der Waals surface area contributed by atoms with Crippen molar-refractivity contribution in [2.45, 2.75) is 32.2 Å². The maximum Gasteiger partial charge on any atom is 0.225 e. The van der Waals surface area contributed by atoms with E-state index in [0.29, 0.717) is 0 Å². The maximum atomic E-state index is 4.46. The van der Waals surface area contributed by atoms with Crippen LogP contribution in [-0.4, -0.2) is 47.6 Å². The summed E-state index contributed by atoms with van der Waals surface area (Å²) in [5.74, 6) is 1.70. The third-order valence-corrected chi connectivity index (χ3v) is 4.40. The van der Waals surface area contributed by atoms with Crippen molar-refractivity contribution < 1.29 is 0 Å². The standard InChI is InChI=1S/C14H22N4/c1-11-8-15-14(16-9-11)18-7-5-13-12(10-18)4-3-6-17(13)2/h8-9,12-13H,3-7,10H2,1-2H3. The van der Waals surface area contributed by atoms with E-state index in [1.54, 1.807) is 0 Å². The van der Waals surface area contributed by atoms with Crippen LogP contribution in [0.3, 0.4) is 0 Å². The molecule has 2 atom stereocenters. The molecule has 0 aromatic carbocycles. The van der Waals surface area contributed by atoms with Gasteiger partial charge in [-0.1, -0.05) is 0 Å². The first-order valence-electron chi connectivity index (χ1n) is 6.98. The summed E-state index contributed by atoms with van der Waals surface area (Å²) >= 11 is 0. The van der Waals surface area contributed by atoms with Gasteiger partial charge < -0.3 is 9.80 Å². The number of piperidine rings is 2. The van der Waals surface area contributed by atoms with Gasteiger partial charge in [-0.2, -0.15) is 0 Å². The van der Waals surface area contributed by atoms with Gasteiger partial charge >= 0.3 is 0 Å². The molecule has 3 rings (SSSR count). The fraction of sp³-hybridized carbons (Fsp3) is 0.714. The second kappa shape index (κ2) is 4.84. The molecule has 0 spiro atoms. The van der Waals surface area contributed by atoms with Crippen LogP contribution in [0.1, 0.15) is 24.8 Å². The van der Waals surface area contributed by atoms with Crippen LogP contribution in [0, 0.1) is 12.8 Å². The molecule has 3 heterocycles. The first kappa shape index (κ1) is 11.9. The van der Waals surface area contributed by atoms with Crippen LogP contribution in [0.4, 0.5) is 5.95 Å². The molecule has 2 aliphatic heterocycles. The van der Waals surface area contributed by atoms with Gasteiger partial charge in [-0.15, -0.1) is 0 Å². The molecule has 0 saturated carbocycles. The van der Waals surface area contributed by atoms with Gasteiger partial charge in [0.2, 0.25) is 5.95 Å². The van der Waals surface area contributed by atoms with Crippen molar-refractivity contribution in [3.05, 3.63) is 18.0 Å². The summed E-state index contributed by atoms with van der Waals surface area (Å²) in [5.41, 5.74) is 1.13. The Balaban J connectivity index is 1.72. The number of aryl methyl sites for hydroxylation is 1. The van der Waals surface area contributed by atoms with Crippen molar-refractivity contribution in [1.29, 1.82) is 0 Å². The number of fused-ring (bicyclic) bond motifs is 1. The van der Waals surface area contributed by atoms with Gasteiger partial charge in [0.25, 0.3) is 0 Å². The van der Waals surface area contributed by atoms with Crippen molar-refractivity contribution in [3.8, 4) is 0 Å². The largest absolute Gasteiger partial charge is 0.340 e. The van der Waals surface area contributed by atoms with E-state index >= 15 is 0 Å². The predicted molar refractivity (Wildman–Crippen MR) is 72.7 cm³/mol. The number of nitrogens with zero attached hydrogens (tertiary/aromatic N) is 4. The fourth-order valence-corrected chi connectivity index (χ4v) is 3.38. The summed E-state index contributed by atoms with van der Waals surface area (Å²) in [6.07, 6.45) is 7.78. The van der Waals surface area contributed by atoms with Crippen molar-refractivity contribution in [3.63, 3.8) is 0 Å². The number of rotatable bonds is 1. The summed E-state index contributed by atoms with van der Waals surface area (Å²) in [4.78, 5) is 13.8. The highest BCUT2D eigenvalue weighted by atomic mass is 15.3. The number of anilines is 1. The molecular weight excluding hydrogens is 224 g/mol. The summed E-state index contributed by atoms with van der Waals surface area (Å²) in [7, 11) is 2.27. The lowest BCUT2D eigenvalue weighted by Gasteiger charge is -2.45. The molecule has 0 N–H and O–H groups in total. The highest BCUT2D eigenvalue weighted by Gasteiger charge is 2.34. The summed E-state index contributed by atoms with van der Waals surface area (Å²) in [6.45, 7) is 5.51. The molecule has 2 aliphatic rings. The Hall–Kier alpha value is -1.16. The molecule has 0 aliphatic carbocycles. The van der Waals surface area contributed by atoms with E-state index in [0.717, 1.165) is 36.6 Å². The van der Waals surface area contributed by atoms with Crippen molar-refractivity contribution in [2.75, 3.05) is 31.6 Å². The van der Waals surface area contributed by atoms with E-state index in [2.05, 4.69) is 26.8 Å². The van der Waals surface area contributed by atoms with Crippen LogP contribution in [0.2, 0.25) is 0 Å². The molecule has 2 fully saturated rings. The second-order valence-electron chi connectivity index (χ2n) is 5.75. The highest BCUT2D eigenvalue weighted by Crippen LogP contribution is 2.30. The van der Waals surface area contributed by atoms with Crippen molar-refractivity contribution in [1.82, 2.24) is 14.9 Å². The monoisotopic (exact) mass is 246 g/mol. The van der Waals surface area contributed by atoms with Crippen LogP contribution in [0.5, 0.6) is 0 Å². The van der Waals surface area contributed by atoms with E-state index in [1.165, 1.54) is 25.8 Å². The lowest BCUT2D eigenvalue weighted by molar-refractivity contribution is 0.102. The molecule has 2 saturated heterocycles. The van der Waals surface area contributed by atoms with Gasteiger partial charge in [-0.3, -0.25) is 0 Å². The molecule has 2 unspecified atom stereocenters. The van der Waals surface area contributed by atoms with Gasteiger partial charge in [-0.25, -0.2) is 9.97 Å². The average Bonchev–Trinajstić information content (AvgIpc) is 2.39. The molecule has 1 aromatic rings. The number of hydrogen-bond acceptors (Lipinski definition) is 4. The van der Waals surface area contributed by atoms with E-state index in [1.807, 2.05) is 19.3 Å². The lowest BCUT2D eigenvalue weighted by Crippen LogP contribution is -2.53. The highest BCUT2D eigenvalue weighted by molar-refractivity contribution is 5.31. The predicted octanol–water partition coefficient (Wildman–Crippen LogP) is 1.71. The second-order valence-corrected chi connectivity index (χ2v) is 5.75. The third-order valence-electron chi connectivity index (χ3n) is 4.40. The molecule has 0 radical (unpaired) electrons. The first-order chi connectivity index (χ1) is 8.74. The Morgan fingerprint density at radius 2 is 1.94 bits per heavy atom. The number of likely N-dealkylation sites (tertiary alicyclic amines) is 1.